The summed E-state index contributed by atoms with van der Waals surface area (Å²) in [4.78, 5) is 19.1. The molecule has 0 amide bonds. The van der Waals surface area contributed by atoms with Crippen molar-refractivity contribution in [2.75, 3.05) is 0 Å². The molecule has 0 unspecified atom stereocenters. The zero-order chi connectivity index (χ0) is 12.3. The first-order valence-corrected chi connectivity index (χ1v) is 6.27. The van der Waals surface area contributed by atoms with E-state index < -0.39 is 0 Å². The number of aryl methyl sites for hydroxylation is 1. The minimum Gasteiger partial charge on any atom is -0.310 e. The fraction of sp³-hybridized carbons (Fsp3) is 0.385. The highest BCUT2D eigenvalue weighted by molar-refractivity contribution is 6.35. The van der Waals surface area contributed by atoms with Gasteiger partial charge in [-0.15, -0.1) is 0 Å². The molecule has 0 saturated carbocycles. The van der Waals surface area contributed by atoms with Crippen LogP contribution in [0.15, 0.2) is 23.0 Å². The molecule has 2 rings (SSSR count). The van der Waals surface area contributed by atoms with E-state index in [1.807, 2.05) is 12.1 Å². The predicted octanol–water partition coefficient (Wildman–Crippen LogP) is 3.31. The number of hydrogen-bond donors (Lipinski definition) is 1. The Morgan fingerprint density at radius 1 is 1.35 bits per heavy atom. The Labute approximate surface area is 105 Å². The molecule has 90 valence electrons. The quantitative estimate of drug-likeness (QED) is 0.847. The van der Waals surface area contributed by atoms with Crippen LogP contribution in [0.4, 0.5) is 0 Å². The maximum atomic E-state index is 11.9. The topological polar surface area (TPSA) is 45.8 Å². The third-order valence-electron chi connectivity index (χ3n) is 2.75. The van der Waals surface area contributed by atoms with Gasteiger partial charge in [-0.1, -0.05) is 37.4 Å². The second kappa shape index (κ2) is 5.32. The van der Waals surface area contributed by atoms with Crippen molar-refractivity contribution < 1.29 is 0 Å². The Morgan fingerprint density at radius 3 is 2.94 bits per heavy atom. The van der Waals surface area contributed by atoms with E-state index in [0.717, 1.165) is 31.5 Å². The normalized spacial score (nSPS) is 10.9. The minimum absolute atomic E-state index is 0.146. The maximum absolute atomic E-state index is 11.9. The molecule has 0 saturated heterocycles. The smallest absolute Gasteiger partial charge is 0.260 e. The number of halogens is 1. The van der Waals surface area contributed by atoms with E-state index in [1.165, 1.54) is 0 Å². The summed E-state index contributed by atoms with van der Waals surface area (Å²) in [5.41, 5.74) is 0.528. The van der Waals surface area contributed by atoms with Crippen LogP contribution in [0.2, 0.25) is 5.02 Å². The molecule has 0 aliphatic heterocycles. The van der Waals surface area contributed by atoms with Crippen molar-refractivity contribution in [3.05, 3.63) is 39.4 Å². The van der Waals surface area contributed by atoms with Crippen LogP contribution in [0, 0.1) is 0 Å². The molecule has 2 aromatic rings. The van der Waals surface area contributed by atoms with E-state index in [2.05, 4.69) is 16.9 Å². The number of aromatic nitrogens is 2. The SMILES string of the molecule is CCCCCc1nc2cccc(Cl)c2c(=O)[nH]1. The summed E-state index contributed by atoms with van der Waals surface area (Å²) in [7, 11) is 0. The lowest BCUT2D eigenvalue weighted by atomic mass is 10.2. The Bertz CT molecular complexity index is 577. The van der Waals surface area contributed by atoms with Crippen molar-refractivity contribution in [1.29, 1.82) is 0 Å². The monoisotopic (exact) mass is 250 g/mol. The largest absolute Gasteiger partial charge is 0.310 e. The van der Waals surface area contributed by atoms with Crippen molar-refractivity contribution in [3.63, 3.8) is 0 Å². The molecule has 0 aliphatic rings. The van der Waals surface area contributed by atoms with Crippen LogP contribution in [0.3, 0.4) is 0 Å². The first kappa shape index (κ1) is 12.1. The van der Waals surface area contributed by atoms with Crippen molar-refractivity contribution in [3.8, 4) is 0 Å². The lowest BCUT2D eigenvalue weighted by Gasteiger charge is -2.03. The van der Waals surface area contributed by atoms with Crippen LogP contribution in [-0.2, 0) is 6.42 Å². The zero-order valence-electron chi connectivity index (χ0n) is 9.79. The van der Waals surface area contributed by atoms with E-state index in [9.17, 15) is 4.79 Å². The molecule has 0 fully saturated rings. The van der Waals surface area contributed by atoms with Gasteiger partial charge in [-0.3, -0.25) is 4.79 Å². The first-order chi connectivity index (χ1) is 8.22. The van der Waals surface area contributed by atoms with Gasteiger partial charge in [-0.05, 0) is 18.6 Å². The number of hydrogen-bond acceptors (Lipinski definition) is 2. The first-order valence-electron chi connectivity index (χ1n) is 5.89. The van der Waals surface area contributed by atoms with Gasteiger partial charge in [0, 0.05) is 6.42 Å². The number of nitrogens with one attached hydrogen (secondary N) is 1. The molecular weight excluding hydrogens is 236 g/mol. The number of benzene rings is 1. The second-order valence-corrected chi connectivity index (χ2v) is 4.51. The molecule has 1 heterocycles. The fourth-order valence-corrected chi connectivity index (χ4v) is 2.11. The molecule has 4 heteroatoms. The summed E-state index contributed by atoms with van der Waals surface area (Å²) in [6.07, 6.45) is 4.16. The predicted molar refractivity (Wildman–Crippen MR) is 70.6 cm³/mol. The average Bonchev–Trinajstić information content (AvgIpc) is 2.29. The fourth-order valence-electron chi connectivity index (χ4n) is 1.86. The van der Waals surface area contributed by atoms with E-state index in [1.54, 1.807) is 6.07 Å². The van der Waals surface area contributed by atoms with E-state index in [-0.39, 0.29) is 5.56 Å². The zero-order valence-corrected chi connectivity index (χ0v) is 10.5. The van der Waals surface area contributed by atoms with Crippen molar-refractivity contribution in [2.24, 2.45) is 0 Å². The lowest BCUT2D eigenvalue weighted by molar-refractivity contribution is 0.694. The van der Waals surface area contributed by atoms with Gasteiger partial charge in [0.25, 0.3) is 5.56 Å². The van der Waals surface area contributed by atoms with Crippen molar-refractivity contribution in [2.45, 2.75) is 32.6 Å². The highest BCUT2D eigenvalue weighted by atomic mass is 35.5. The number of H-pyrrole nitrogens is 1. The number of aromatic amines is 1. The van der Waals surface area contributed by atoms with Gasteiger partial charge in [0.1, 0.15) is 5.82 Å². The summed E-state index contributed by atoms with van der Waals surface area (Å²) in [5.74, 6) is 0.748. The van der Waals surface area contributed by atoms with Crippen LogP contribution < -0.4 is 5.56 Å². The van der Waals surface area contributed by atoms with Crippen LogP contribution in [0.1, 0.15) is 32.0 Å². The Kier molecular flexibility index (Phi) is 3.79. The molecular formula is C13H15ClN2O. The Balaban J connectivity index is 2.39. The number of rotatable bonds is 4. The third-order valence-corrected chi connectivity index (χ3v) is 3.06. The third kappa shape index (κ3) is 2.67. The molecule has 17 heavy (non-hydrogen) atoms. The Hall–Kier alpha value is -1.35. The summed E-state index contributed by atoms with van der Waals surface area (Å²) >= 11 is 5.98. The molecule has 0 aliphatic carbocycles. The highest BCUT2D eigenvalue weighted by Crippen LogP contribution is 2.18. The summed E-state index contributed by atoms with van der Waals surface area (Å²) < 4.78 is 0. The number of nitrogens with zero attached hydrogens (tertiary/aromatic N) is 1. The summed E-state index contributed by atoms with van der Waals surface area (Å²) in [5, 5.41) is 0.935. The molecule has 0 atom stereocenters. The van der Waals surface area contributed by atoms with Crippen LogP contribution in [0.5, 0.6) is 0 Å². The van der Waals surface area contributed by atoms with Gasteiger partial charge < -0.3 is 4.98 Å². The maximum Gasteiger partial charge on any atom is 0.260 e. The van der Waals surface area contributed by atoms with E-state index in [0.29, 0.717) is 15.9 Å². The van der Waals surface area contributed by atoms with Gasteiger partial charge in [-0.25, -0.2) is 4.98 Å². The standard InChI is InChI=1S/C13H15ClN2O/c1-2-3-4-8-11-15-10-7-5-6-9(14)12(10)13(17)16-11/h5-7H,2-4,8H2,1H3,(H,15,16,17). The van der Waals surface area contributed by atoms with Gasteiger partial charge >= 0.3 is 0 Å². The lowest BCUT2D eigenvalue weighted by Crippen LogP contribution is -2.12. The number of fused-ring (bicyclic) bond motifs is 1. The molecule has 0 spiro atoms. The van der Waals surface area contributed by atoms with Crippen LogP contribution in [-0.4, -0.2) is 9.97 Å². The minimum atomic E-state index is -0.146. The molecule has 0 bridgehead atoms. The molecule has 3 nitrogen and oxygen atoms in total. The highest BCUT2D eigenvalue weighted by Gasteiger charge is 2.06. The van der Waals surface area contributed by atoms with Gasteiger partial charge in [0.05, 0.1) is 15.9 Å². The summed E-state index contributed by atoms with van der Waals surface area (Å²) in [6.45, 7) is 2.15. The molecule has 0 radical (unpaired) electrons. The Morgan fingerprint density at radius 2 is 2.18 bits per heavy atom. The van der Waals surface area contributed by atoms with Crippen LogP contribution >= 0.6 is 11.6 Å². The van der Waals surface area contributed by atoms with E-state index >= 15 is 0 Å². The van der Waals surface area contributed by atoms with Crippen molar-refractivity contribution in [1.82, 2.24) is 9.97 Å². The van der Waals surface area contributed by atoms with Gasteiger partial charge in [0.15, 0.2) is 0 Å². The van der Waals surface area contributed by atoms with E-state index in [4.69, 9.17) is 11.6 Å². The molecule has 1 N–H and O–H groups in total. The van der Waals surface area contributed by atoms with Crippen LogP contribution in [0.25, 0.3) is 10.9 Å². The molecule has 1 aromatic carbocycles. The van der Waals surface area contributed by atoms with Crippen molar-refractivity contribution >= 4 is 22.5 Å². The van der Waals surface area contributed by atoms with Gasteiger partial charge in [-0.2, -0.15) is 0 Å². The number of unbranched alkanes of at least 4 members (excludes halogenated alkanes) is 2. The summed E-state index contributed by atoms with van der Waals surface area (Å²) in [6, 6.07) is 5.34. The average molecular weight is 251 g/mol. The molecule has 1 aromatic heterocycles. The second-order valence-electron chi connectivity index (χ2n) is 4.10. The van der Waals surface area contributed by atoms with Gasteiger partial charge in [0.2, 0.25) is 0 Å².